The number of allylic oxidation sites excluding steroid dienone is 2. The number of hydrogen-bond acceptors (Lipinski definition) is 5. The second-order valence-corrected chi connectivity index (χ2v) is 10.8. The molecule has 0 rings (SSSR count). The summed E-state index contributed by atoms with van der Waals surface area (Å²) in [6, 6.07) is 0. The summed E-state index contributed by atoms with van der Waals surface area (Å²) in [6.07, 6.45) is 23.5. The molecule has 7 nitrogen and oxygen atoms in total. The molecule has 35 heavy (non-hydrogen) atoms. The maximum Gasteiger partial charge on any atom is 0.224 e. The maximum atomic E-state index is 12.2. The average molecular weight is 521 g/mol. The fourth-order valence-electron chi connectivity index (χ4n) is 3.75. The number of nitrogens with one attached hydrogen (secondary N) is 1. The van der Waals surface area contributed by atoms with E-state index in [1.54, 1.807) is 0 Å². The third-order valence-corrected chi connectivity index (χ3v) is 6.83. The molecule has 0 bridgehead atoms. The van der Waals surface area contributed by atoms with Crippen LogP contribution in [-0.4, -0.2) is 56.8 Å². The molecule has 0 aliphatic carbocycles. The summed E-state index contributed by atoms with van der Waals surface area (Å²) in [7, 11) is -0.0422. The Labute approximate surface area is 217 Å². The van der Waals surface area contributed by atoms with E-state index >= 15 is 0 Å². The lowest BCUT2D eigenvalue weighted by atomic mass is 10.1. The number of hydrogen-bond donors (Lipinski definition) is 1. The van der Waals surface area contributed by atoms with Gasteiger partial charge in [-0.15, -0.1) is 0 Å². The maximum absolute atomic E-state index is 12.2. The monoisotopic (exact) mass is 520 g/mol. The van der Waals surface area contributed by atoms with Gasteiger partial charge in [0.25, 0.3) is 0 Å². The topological polar surface area (TPSA) is 95.5 Å². The van der Waals surface area contributed by atoms with E-state index < -0.39 is 10.4 Å². The fourth-order valence-corrected chi connectivity index (χ4v) is 4.04. The lowest BCUT2D eigenvalue weighted by Crippen LogP contribution is -2.57. The Kier molecular flexibility index (Phi) is 24.2. The Morgan fingerprint density at radius 2 is 1.34 bits per heavy atom. The lowest BCUT2D eigenvalue weighted by molar-refractivity contribution is -0.915. The molecule has 0 fully saturated rings. The highest BCUT2D eigenvalue weighted by atomic mass is 32.3. The van der Waals surface area contributed by atoms with Crippen LogP contribution in [0.3, 0.4) is 0 Å². The van der Waals surface area contributed by atoms with Crippen LogP contribution in [0.2, 0.25) is 0 Å². The van der Waals surface area contributed by atoms with E-state index in [9.17, 15) is 17.8 Å². The second kappa shape index (κ2) is 23.4. The first-order chi connectivity index (χ1) is 16.5. The zero-order valence-corrected chi connectivity index (χ0v) is 24.5. The Morgan fingerprint density at radius 3 is 1.74 bits per heavy atom. The molecule has 8 heteroatoms. The van der Waals surface area contributed by atoms with E-state index in [-0.39, 0.29) is 18.7 Å². The number of carbonyl (C=O) groups excluding carboxylic acids is 1. The smallest absolute Gasteiger partial charge is 0.224 e. The van der Waals surface area contributed by atoms with Crippen molar-refractivity contribution < 1.29 is 26.4 Å². The predicted octanol–water partition coefficient (Wildman–Crippen LogP) is 6.46. The summed E-state index contributed by atoms with van der Waals surface area (Å²) in [5.74, 6) is 0.226. The molecule has 1 N–H and O–H groups in total. The number of amides is 1. The van der Waals surface area contributed by atoms with E-state index in [0.717, 1.165) is 23.9 Å². The van der Waals surface area contributed by atoms with Gasteiger partial charge in [-0.05, 0) is 46.0 Å². The Morgan fingerprint density at radius 1 is 0.857 bits per heavy atom. The van der Waals surface area contributed by atoms with Gasteiger partial charge in [0.2, 0.25) is 16.3 Å². The highest BCUT2D eigenvalue weighted by Gasteiger charge is 2.25. The van der Waals surface area contributed by atoms with Gasteiger partial charge in [0.15, 0.2) is 6.17 Å². The van der Waals surface area contributed by atoms with Crippen molar-refractivity contribution >= 4 is 16.3 Å². The van der Waals surface area contributed by atoms with Crippen LogP contribution < -0.4 is 5.32 Å². The number of rotatable bonds is 21. The van der Waals surface area contributed by atoms with Gasteiger partial charge in [-0.1, -0.05) is 77.4 Å². The third kappa shape index (κ3) is 25.9. The summed E-state index contributed by atoms with van der Waals surface area (Å²) in [6.45, 7) is 8.98. The molecule has 0 aromatic rings. The molecule has 1 amide bonds. The minimum Gasteiger partial charge on any atom is -0.726 e. The molecule has 0 spiro atoms. The van der Waals surface area contributed by atoms with Crippen molar-refractivity contribution in [3.05, 3.63) is 12.2 Å². The normalized spacial score (nSPS) is 12.9. The molecule has 0 saturated carbocycles. The van der Waals surface area contributed by atoms with E-state index in [0.29, 0.717) is 6.42 Å². The van der Waals surface area contributed by atoms with Crippen molar-refractivity contribution in [3.8, 4) is 0 Å². The van der Waals surface area contributed by atoms with Gasteiger partial charge in [-0.3, -0.25) is 8.98 Å². The SMILES string of the molecule is CCCCCCCC/C=C\CCCCCCCC(=O)NC(CC)[N+](C)(C)CC.CCOS(=O)(=O)[O-]. The van der Waals surface area contributed by atoms with Gasteiger partial charge in [-0.25, -0.2) is 8.42 Å². The molecule has 0 aliphatic heterocycles. The van der Waals surface area contributed by atoms with Gasteiger partial charge >= 0.3 is 0 Å². The number of quaternary nitrogens is 1. The van der Waals surface area contributed by atoms with Crippen LogP contribution in [0, 0.1) is 0 Å². The zero-order valence-electron chi connectivity index (χ0n) is 23.6. The lowest BCUT2D eigenvalue weighted by Gasteiger charge is -2.36. The van der Waals surface area contributed by atoms with Crippen molar-refractivity contribution in [1.82, 2.24) is 5.32 Å². The first-order valence-corrected chi connectivity index (χ1v) is 15.2. The average Bonchev–Trinajstić information content (AvgIpc) is 2.79. The molecule has 1 unspecified atom stereocenters. The predicted molar refractivity (Wildman–Crippen MR) is 146 cm³/mol. The minimum atomic E-state index is -4.42. The van der Waals surface area contributed by atoms with E-state index in [4.69, 9.17) is 0 Å². The molecule has 0 saturated heterocycles. The van der Waals surface area contributed by atoms with Gasteiger partial charge in [0.05, 0.1) is 27.2 Å². The van der Waals surface area contributed by atoms with Crippen LogP contribution in [0.1, 0.15) is 124 Å². The molecule has 0 aromatic carbocycles. The molecule has 0 aliphatic rings. The molecule has 0 aromatic heterocycles. The van der Waals surface area contributed by atoms with E-state index in [1.807, 2.05) is 0 Å². The van der Waals surface area contributed by atoms with Crippen molar-refractivity contribution in [2.24, 2.45) is 0 Å². The summed E-state index contributed by atoms with van der Waals surface area (Å²) >= 11 is 0. The van der Waals surface area contributed by atoms with Crippen molar-refractivity contribution in [2.75, 3.05) is 27.2 Å². The molecule has 210 valence electrons. The Balaban J connectivity index is 0. The first kappa shape index (κ1) is 36.2. The van der Waals surface area contributed by atoms with E-state index in [2.05, 4.69) is 56.5 Å². The van der Waals surface area contributed by atoms with Crippen LogP contribution >= 0.6 is 0 Å². The molecule has 0 radical (unpaired) electrons. The fraction of sp³-hybridized carbons (Fsp3) is 0.889. The quantitative estimate of drug-likeness (QED) is 0.0468. The highest BCUT2D eigenvalue weighted by Crippen LogP contribution is 2.11. The van der Waals surface area contributed by atoms with E-state index in [1.165, 1.54) is 84.0 Å². The van der Waals surface area contributed by atoms with Gasteiger partial charge < -0.3 is 14.4 Å². The van der Waals surface area contributed by atoms with Crippen LogP contribution in [-0.2, 0) is 19.4 Å². The second-order valence-electron chi connectivity index (χ2n) is 9.74. The zero-order chi connectivity index (χ0) is 27.0. The molecular formula is C27H56N2O5S. The molecule has 0 heterocycles. The minimum absolute atomic E-state index is 0.0914. The molecular weight excluding hydrogens is 464 g/mol. The van der Waals surface area contributed by atoms with Crippen LogP contribution in [0.5, 0.6) is 0 Å². The summed E-state index contributed by atoms with van der Waals surface area (Å²) in [4.78, 5) is 12.2. The van der Waals surface area contributed by atoms with Crippen LogP contribution in [0.15, 0.2) is 12.2 Å². The van der Waals surface area contributed by atoms with Gasteiger partial charge in [0.1, 0.15) is 0 Å². The number of unbranched alkanes of at least 4 members (excludes halogenated alkanes) is 11. The van der Waals surface area contributed by atoms with Gasteiger partial charge in [-0.2, -0.15) is 0 Å². The summed E-state index contributed by atoms with van der Waals surface area (Å²) in [5, 5.41) is 3.23. The van der Waals surface area contributed by atoms with Gasteiger partial charge in [0, 0.05) is 12.8 Å². The molecule has 1 atom stereocenters. The van der Waals surface area contributed by atoms with Crippen molar-refractivity contribution in [1.29, 1.82) is 0 Å². The van der Waals surface area contributed by atoms with Crippen LogP contribution in [0.4, 0.5) is 0 Å². The van der Waals surface area contributed by atoms with Crippen molar-refractivity contribution in [3.63, 3.8) is 0 Å². The third-order valence-electron chi connectivity index (χ3n) is 6.30. The Bertz CT molecular complexity index is 621. The van der Waals surface area contributed by atoms with Crippen molar-refractivity contribution in [2.45, 2.75) is 130 Å². The standard InChI is InChI=1S/C25H50N2O.C2H6O4S/c1-6-9-10-11-12-13-14-15-16-17-18-19-20-21-22-23-25(28)26-24(7-2)27(4,5)8-3;1-2-6-7(3,4)5/h15-16,24H,6-14,17-23H2,1-5H3;2H2,1H3,(H,3,4,5)/b16-15-;. The first-order valence-electron chi connectivity index (χ1n) is 13.9. The van der Waals surface area contributed by atoms with Crippen LogP contribution in [0.25, 0.3) is 0 Å². The number of carbonyl (C=O) groups is 1. The number of nitrogens with zero attached hydrogens (tertiary/aromatic N) is 1. The highest BCUT2D eigenvalue weighted by molar-refractivity contribution is 7.80. The largest absolute Gasteiger partial charge is 0.726 e. The summed E-state index contributed by atoms with van der Waals surface area (Å²) < 4.78 is 32.9. The summed E-state index contributed by atoms with van der Waals surface area (Å²) in [5.41, 5.74) is 0. The Hall–Kier alpha value is -0.960.